The minimum absolute atomic E-state index is 0.384. The van der Waals surface area contributed by atoms with E-state index in [1.54, 1.807) is 12.1 Å². The molecule has 0 atom stereocenters. The van der Waals surface area contributed by atoms with E-state index >= 15 is 0 Å². The molecular weight excluding hydrogens is 438 g/mol. The minimum Gasteiger partial charge on any atom is -0.488 e. The molecule has 172 valence electrons. The average molecular weight is 466 g/mol. The zero-order valence-electron chi connectivity index (χ0n) is 18.9. The van der Waals surface area contributed by atoms with Gasteiger partial charge in [0.15, 0.2) is 0 Å². The van der Waals surface area contributed by atoms with E-state index < -0.39 is 15.9 Å². The Hall–Kier alpha value is -3.65. The van der Waals surface area contributed by atoms with E-state index in [1.165, 1.54) is 6.21 Å². The first-order valence-corrected chi connectivity index (χ1v) is 12.2. The molecule has 0 fully saturated rings. The number of amides is 1. The number of hydrogen-bond donors (Lipinski definition) is 1. The first-order chi connectivity index (χ1) is 15.7. The van der Waals surface area contributed by atoms with Crippen LogP contribution in [0.1, 0.15) is 22.3 Å². The van der Waals surface area contributed by atoms with Crippen LogP contribution in [0.5, 0.6) is 5.75 Å². The Labute approximate surface area is 194 Å². The lowest BCUT2D eigenvalue weighted by Crippen LogP contribution is -2.39. The molecule has 0 spiro atoms. The Morgan fingerprint density at radius 3 is 2.39 bits per heavy atom. The maximum Gasteiger partial charge on any atom is 0.260 e. The van der Waals surface area contributed by atoms with Gasteiger partial charge in [-0.2, -0.15) is 5.10 Å². The largest absolute Gasteiger partial charge is 0.488 e. The second-order valence-corrected chi connectivity index (χ2v) is 9.55. The second kappa shape index (κ2) is 10.8. The summed E-state index contributed by atoms with van der Waals surface area (Å²) in [5.74, 6) is 0.0600. The first kappa shape index (κ1) is 24.0. The van der Waals surface area contributed by atoms with Crippen molar-refractivity contribution in [1.29, 1.82) is 0 Å². The minimum atomic E-state index is -3.66. The lowest BCUT2D eigenvalue weighted by atomic mass is 10.1. The summed E-state index contributed by atoms with van der Waals surface area (Å²) in [7, 11) is -3.66. The van der Waals surface area contributed by atoms with Crippen LogP contribution in [0.4, 0.5) is 5.69 Å². The van der Waals surface area contributed by atoms with Crippen molar-refractivity contribution in [2.45, 2.75) is 20.5 Å². The van der Waals surface area contributed by atoms with Crippen LogP contribution in [0.3, 0.4) is 0 Å². The van der Waals surface area contributed by atoms with E-state index in [2.05, 4.69) is 10.5 Å². The molecule has 7 nitrogen and oxygen atoms in total. The Balaban J connectivity index is 1.66. The standard InChI is InChI=1S/C25H27N3O4S/c1-19-13-14-23(15-20(19)2)28(33(3,30)31)17-25(29)27-26-16-22-11-7-8-12-24(22)32-18-21-9-5-4-6-10-21/h4-16H,17-18H2,1-3H3,(H,27,29)/b26-16-. The van der Waals surface area contributed by atoms with Gasteiger partial charge in [-0.25, -0.2) is 13.8 Å². The molecule has 0 radical (unpaired) electrons. The highest BCUT2D eigenvalue weighted by molar-refractivity contribution is 7.92. The number of carbonyl (C=O) groups is 1. The first-order valence-electron chi connectivity index (χ1n) is 10.4. The van der Waals surface area contributed by atoms with Gasteiger partial charge in [0.25, 0.3) is 5.91 Å². The molecule has 1 amide bonds. The smallest absolute Gasteiger partial charge is 0.260 e. The Morgan fingerprint density at radius 1 is 1.00 bits per heavy atom. The van der Waals surface area contributed by atoms with Crippen molar-refractivity contribution in [2.24, 2.45) is 5.10 Å². The number of aryl methyl sites for hydroxylation is 2. The molecule has 0 bridgehead atoms. The number of para-hydroxylation sites is 1. The number of anilines is 1. The third kappa shape index (κ3) is 6.92. The summed E-state index contributed by atoms with van der Waals surface area (Å²) in [5, 5.41) is 3.99. The predicted octanol–water partition coefficient (Wildman–Crippen LogP) is 3.80. The quantitative estimate of drug-likeness (QED) is 0.385. The van der Waals surface area contributed by atoms with Gasteiger partial charge in [-0.15, -0.1) is 0 Å². The van der Waals surface area contributed by atoms with Crippen molar-refractivity contribution in [2.75, 3.05) is 17.1 Å². The van der Waals surface area contributed by atoms with E-state index in [4.69, 9.17) is 4.74 Å². The van der Waals surface area contributed by atoms with E-state index in [-0.39, 0.29) is 6.54 Å². The number of hydrogen-bond acceptors (Lipinski definition) is 5. The third-order valence-electron chi connectivity index (χ3n) is 5.02. The van der Waals surface area contributed by atoms with E-state index in [1.807, 2.05) is 74.5 Å². The maximum absolute atomic E-state index is 12.4. The number of ether oxygens (including phenoxy) is 1. The molecule has 8 heteroatoms. The number of benzene rings is 3. The third-order valence-corrected chi connectivity index (χ3v) is 6.16. The van der Waals surface area contributed by atoms with Crippen molar-refractivity contribution in [3.63, 3.8) is 0 Å². The van der Waals surface area contributed by atoms with Crippen molar-refractivity contribution in [3.8, 4) is 5.75 Å². The SMILES string of the molecule is Cc1ccc(N(CC(=O)N/N=C\c2ccccc2OCc2ccccc2)S(C)(=O)=O)cc1C. The highest BCUT2D eigenvalue weighted by Gasteiger charge is 2.21. The van der Waals surface area contributed by atoms with Crippen LogP contribution in [-0.2, 0) is 21.4 Å². The van der Waals surface area contributed by atoms with Gasteiger partial charge in [-0.1, -0.05) is 48.5 Å². The molecule has 0 aliphatic rings. The van der Waals surface area contributed by atoms with Gasteiger partial charge in [0, 0.05) is 5.56 Å². The average Bonchev–Trinajstić information content (AvgIpc) is 2.79. The van der Waals surface area contributed by atoms with Gasteiger partial charge in [0.1, 0.15) is 18.9 Å². The van der Waals surface area contributed by atoms with Crippen LogP contribution in [-0.4, -0.2) is 33.3 Å². The van der Waals surface area contributed by atoms with Crippen molar-refractivity contribution in [1.82, 2.24) is 5.43 Å². The summed E-state index contributed by atoms with van der Waals surface area (Å²) >= 11 is 0. The summed E-state index contributed by atoms with van der Waals surface area (Å²) in [6.45, 7) is 3.84. The predicted molar refractivity (Wildman–Crippen MR) is 131 cm³/mol. The van der Waals surface area contributed by atoms with Gasteiger partial charge in [-0.05, 0) is 54.8 Å². The van der Waals surface area contributed by atoms with Gasteiger partial charge >= 0.3 is 0 Å². The molecule has 0 aliphatic carbocycles. The molecular formula is C25H27N3O4S. The monoisotopic (exact) mass is 465 g/mol. The van der Waals surface area contributed by atoms with Gasteiger partial charge < -0.3 is 4.74 Å². The summed E-state index contributed by atoms with van der Waals surface area (Å²) in [6, 6.07) is 22.3. The molecule has 33 heavy (non-hydrogen) atoms. The van der Waals surface area contributed by atoms with E-state index in [9.17, 15) is 13.2 Å². The van der Waals surface area contributed by atoms with Crippen LogP contribution in [0, 0.1) is 13.8 Å². The zero-order valence-corrected chi connectivity index (χ0v) is 19.7. The van der Waals surface area contributed by atoms with Crippen LogP contribution in [0.15, 0.2) is 77.9 Å². The molecule has 1 N–H and O–H groups in total. The summed E-state index contributed by atoms with van der Waals surface area (Å²) in [5.41, 5.74) is 6.52. The zero-order chi connectivity index (χ0) is 23.8. The molecule has 0 unspecified atom stereocenters. The molecule has 0 saturated heterocycles. The fraction of sp³-hybridized carbons (Fsp3) is 0.200. The van der Waals surface area contributed by atoms with Crippen LogP contribution < -0.4 is 14.5 Å². The summed E-state index contributed by atoms with van der Waals surface area (Å²) < 4.78 is 31.5. The van der Waals surface area contributed by atoms with Crippen LogP contribution in [0.2, 0.25) is 0 Å². The normalized spacial score (nSPS) is 11.4. The van der Waals surface area contributed by atoms with Crippen LogP contribution in [0.25, 0.3) is 0 Å². The second-order valence-electron chi connectivity index (χ2n) is 7.64. The van der Waals surface area contributed by atoms with Crippen LogP contribution >= 0.6 is 0 Å². The molecule has 3 aromatic rings. The molecule has 0 heterocycles. The van der Waals surface area contributed by atoms with Crippen molar-refractivity contribution < 1.29 is 17.9 Å². The molecule has 0 aromatic heterocycles. The Morgan fingerprint density at radius 2 is 1.70 bits per heavy atom. The van der Waals surface area contributed by atoms with E-state index in [0.717, 1.165) is 27.3 Å². The number of sulfonamides is 1. The molecule has 0 saturated carbocycles. The molecule has 3 aromatic carbocycles. The highest BCUT2D eigenvalue weighted by Crippen LogP contribution is 2.21. The Kier molecular flexibility index (Phi) is 7.84. The van der Waals surface area contributed by atoms with Gasteiger partial charge in [0.05, 0.1) is 18.2 Å². The number of rotatable bonds is 9. The highest BCUT2D eigenvalue weighted by atomic mass is 32.2. The lowest BCUT2D eigenvalue weighted by molar-refractivity contribution is -0.119. The van der Waals surface area contributed by atoms with Crippen molar-refractivity contribution in [3.05, 3.63) is 95.1 Å². The molecule has 3 rings (SSSR count). The van der Waals surface area contributed by atoms with Gasteiger partial charge in [0.2, 0.25) is 10.0 Å². The fourth-order valence-electron chi connectivity index (χ4n) is 3.07. The van der Waals surface area contributed by atoms with Crippen molar-refractivity contribution >= 4 is 27.8 Å². The number of hydrazone groups is 1. The number of carbonyl (C=O) groups excluding carboxylic acids is 1. The summed E-state index contributed by atoms with van der Waals surface area (Å²) in [6.07, 6.45) is 2.54. The lowest BCUT2D eigenvalue weighted by Gasteiger charge is -2.22. The summed E-state index contributed by atoms with van der Waals surface area (Å²) in [4.78, 5) is 12.4. The van der Waals surface area contributed by atoms with E-state index in [0.29, 0.717) is 23.6 Å². The maximum atomic E-state index is 12.4. The topological polar surface area (TPSA) is 88.1 Å². The number of nitrogens with one attached hydrogen (secondary N) is 1. The number of nitrogens with zero attached hydrogens (tertiary/aromatic N) is 2. The molecule has 0 aliphatic heterocycles. The Bertz CT molecular complexity index is 1240. The fourth-order valence-corrected chi connectivity index (χ4v) is 3.92. The van der Waals surface area contributed by atoms with Gasteiger partial charge in [-0.3, -0.25) is 9.10 Å².